The van der Waals surface area contributed by atoms with Crippen LogP contribution in [0.1, 0.15) is 50.7 Å². The van der Waals surface area contributed by atoms with Gasteiger partial charge < -0.3 is 4.90 Å². The predicted octanol–water partition coefficient (Wildman–Crippen LogP) is 3.99. The number of thiocarbonyl (C=S) groups is 1. The van der Waals surface area contributed by atoms with E-state index >= 15 is 0 Å². The number of hydrogen-bond donors (Lipinski definition) is 0. The number of amides is 1. The Hall–Kier alpha value is -2.19. The summed E-state index contributed by atoms with van der Waals surface area (Å²) >= 11 is 6.72. The van der Waals surface area contributed by atoms with E-state index in [0.29, 0.717) is 26.3 Å². The Morgan fingerprint density at radius 2 is 1.97 bits per heavy atom. The Bertz CT molecular complexity index is 1100. The predicted molar refractivity (Wildman–Crippen MR) is 127 cm³/mol. The van der Waals surface area contributed by atoms with Gasteiger partial charge in [-0.1, -0.05) is 37.0 Å². The van der Waals surface area contributed by atoms with Gasteiger partial charge in [0.1, 0.15) is 15.8 Å². The summed E-state index contributed by atoms with van der Waals surface area (Å²) in [5.74, 6) is 0.537. The molecule has 0 N–H and O–H groups in total. The Morgan fingerprint density at radius 3 is 2.67 bits per heavy atom. The Morgan fingerprint density at radius 1 is 1.23 bits per heavy atom. The summed E-state index contributed by atoms with van der Waals surface area (Å²) in [5, 5.41) is 0. The molecular formula is C22H26N4O2S2. The fraction of sp³-hybridized carbons (Fsp3) is 0.455. The molecule has 0 aliphatic carbocycles. The maximum Gasteiger partial charge on any atom is 0.267 e. The first-order chi connectivity index (χ1) is 14.4. The third-order valence-electron chi connectivity index (χ3n) is 5.77. The van der Waals surface area contributed by atoms with Crippen LogP contribution in [-0.4, -0.2) is 43.6 Å². The number of pyridine rings is 1. The highest BCUT2D eigenvalue weighted by Gasteiger charge is 2.35. The fourth-order valence-corrected chi connectivity index (χ4v) is 5.34. The van der Waals surface area contributed by atoms with Gasteiger partial charge in [-0.2, -0.15) is 0 Å². The lowest BCUT2D eigenvalue weighted by Gasteiger charge is -2.29. The second-order valence-electron chi connectivity index (χ2n) is 7.95. The topological polar surface area (TPSA) is 57.9 Å². The minimum atomic E-state index is -0.155. The van der Waals surface area contributed by atoms with Gasteiger partial charge in [0.25, 0.3) is 11.5 Å². The third-order valence-corrected chi connectivity index (χ3v) is 7.10. The molecule has 1 amide bonds. The smallest absolute Gasteiger partial charge is 0.267 e. The minimum absolute atomic E-state index is 0.0310. The van der Waals surface area contributed by atoms with Crippen LogP contribution in [0.25, 0.3) is 11.7 Å². The van der Waals surface area contributed by atoms with E-state index in [1.807, 2.05) is 32.9 Å². The standard InChI is InChI=1S/C22H26N4O2S2/c1-4-15(3)26-21(28)17(30-22(26)29)12-16-19(24-10-6-5-7-11-24)23-18-9-8-14(2)13-25(18)20(16)27/h8-9,12-13,15H,4-7,10-11H2,1-3H3/b17-12-. The van der Waals surface area contributed by atoms with Crippen LogP contribution in [0.3, 0.4) is 0 Å². The average Bonchev–Trinajstić information content (AvgIpc) is 3.03. The van der Waals surface area contributed by atoms with Gasteiger partial charge in [-0.05, 0) is 57.2 Å². The van der Waals surface area contributed by atoms with Crippen molar-refractivity contribution < 1.29 is 4.79 Å². The first-order valence-electron chi connectivity index (χ1n) is 10.5. The van der Waals surface area contributed by atoms with Crippen molar-refractivity contribution in [2.24, 2.45) is 0 Å². The summed E-state index contributed by atoms with van der Waals surface area (Å²) in [6.45, 7) is 7.69. The molecule has 4 heterocycles. The number of hydrogen-bond acceptors (Lipinski definition) is 6. The number of aryl methyl sites for hydroxylation is 1. The molecule has 30 heavy (non-hydrogen) atoms. The number of thioether (sulfide) groups is 1. The van der Waals surface area contributed by atoms with Crippen LogP contribution >= 0.6 is 24.0 Å². The highest BCUT2D eigenvalue weighted by molar-refractivity contribution is 8.26. The number of piperidine rings is 1. The number of nitrogens with zero attached hydrogens (tertiary/aromatic N) is 4. The van der Waals surface area contributed by atoms with E-state index in [4.69, 9.17) is 17.2 Å². The normalized spacial score (nSPS) is 19.9. The Labute approximate surface area is 186 Å². The molecule has 0 radical (unpaired) electrons. The summed E-state index contributed by atoms with van der Waals surface area (Å²) in [4.78, 5) is 35.7. The number of anilines is 1. The van der Waals surface area contributed by atoms with Crippen molar-refractivity contribution in [3.63, 3.8) is 0 Å². The molecular weight excluding hydrogens is 416 g/mol. The molecule has 2 aromatic rings. The zero-order chi connectivity index (χ0) is 21.4. The average molecular weight is 443 g/mol. The highest BCUT2D eigenvalue weighted by atomic mass is 32.2. The van der Waals surface area contributed by atoms with Gasteiger partial charge >= 0.3 is 0 Å². The molecule has 8 heteroatoms. The lowest BCUT2D eigenvalue weighted by Crippen LogP contribution is -2.36. The summed E-state index contributed by atoms with van der Waals surface area (Å²) in [5.41, 5.74) is 1.91. The van der Waals surface area contributed by atoms with Crippen molar-refractivity contribution in [3.05, 3.63) is 44.7 Å². The van der Waals surface area contributed by atoms with Gasteiger partial charge in [0.2, 0.25) is 0 Å². The molecule has 2 fully saturated rings. The maximum atomic E-state index is 13.5. The molecule has 158 valence electrons. The first-order valence-corrected chi connectivity index (χ1v) is 11.7. The number of rotatable bonds is 4. The van der Waals surface area contributed by atoms with E-state index < -0.39 is 0 Å². The molecule has 6 nitrogen and oxygen atoms in total. The van der Waals surface area contributed by atoms with E-state index in [9.17, 15) is 9.59 Å². The number of carbonyl (C=O) groups excluding carboxylic acids is 1. The SMILES string of the molecule is CCC(C)N1C(=O)/C(=C/c2c(N3CCCCC3)nc3ccc(C)cn3c2=O)SC1=S. The van der Waals surface area contributed by atoms with Gasteiger partial charge in [-0.3, -0.25) is 18.9 Å². The van der Waals surface area contributed by atoms with Gasteiger partial charge in [-0.15, -0.1) is 0 Å². The minimum Gasteiger partial charge on any atom is -0.356 e. The van der Waals surface area contributed by atoms with Crippen LogP contribution in [0.4, 0.5) is 5.82 Å². The van der Waals surface area contributed by atoms with Gasteiger partial charge in [0, 0.05) is 25.3 Å². The summed E-state index contributed by atoms with van der Waals surface area (Å²) in [7, 11) is 0. The van der Waals surface area contributed by atoms with Gasteiger partial charge in [0.05, 0.1) is 10.5 Å². The second kappa shape index (κ2) is 8.51. The first kappa shape index (κ1) is 21.1. The van der Waals surface area contributed by atoms with E-state index in [1.54, 1.807) is 21.6 Å². The highest BCUT2D eigenvalue weighted by Crippen LogP contribution is 2.35. The van der Waals surface area contributed by atoms with E-state index in [0.717, 1.165) is 37.9 Å². The summed E-state index contributed by atoms with van der Waals surface area (Å²) in [6.07, 6.45) is 7.65. The molecule has 2 aliphatic rings. The van der Waals surface area contributed by atoms with Crippen LogP contribution in [0, 0.1) is 6.92 Å². The zero-order valence-corrected chi connectivity index (χ0v) is 19.2. The van der Waals surface area contributed by atoms with Crippen LogP contribution < -0.4 is 10.5 Å². The van der Waals surface area contributed by atoms with Crippen LogP contribution in [0.15, 0.2) is 28.0 Å². The molecule has 1 atom stereocenters. The molecule has 4 rings (SSSR count). The number of fused-ring (bicyclic) bond motifs is 1. The van der Waals surface area contributed by atoms with Crippen LogP contribution in [0.2, 0.25) is 0 Å². The van der Waals surface area contributed by atoms with Crippen molar-refractivity contribution in [3.8, 4) is 0 Å². The van der Waals surface area contributed by atoms with Crippen molar-refractivity contribution in [2.45, 2.75) is 52.5 Å². The molecule has 2 aliphatic heterocycles. The lowest BCUT2D eigenvalue weighted by molar-refractivity contribution is -0.123. The molecule has 0 spiro atoms. The summed E-state index contributed by atoms with van der Waals surface area (Å²) < 4.78 is 2.12. The fourth-order valence-electron chi connectivity index (χ4n) is 3.89. The third kappa shape index (κ3) is 3.78. The quantitative estimate of drug-likeness (QED) is 0.527. The van der Waals surface area contributed by atoms with Crippen molar-refractivity contribution in [2.75, 3.05) is 18.0 Å². The maximum absolute atomic E-state index is 13.5. The zero-order valence-electron chi connectivity index (χ0n) is 17.6. The summed E-state index contributed by atoms with van der Waals surface area (Å²) in [6, 6.07) is 3.86. The van der Waals surface area contributed by atoms with E-state index in [2.05, 4.69) is 4.90 Å². The Balaban J connectivity index is 1.87. The largest absolute Gasteiger partial charge is 0.356 e. The Kier molecular flexibility index (Phi) is 5.97. The van der Waals surface area contributed by atoms with E-state index in [1.165, 1.54) is 18.2 Å². The van der Waals surface area contributed by atoms with Crippen LogP contribution in [-0.2, 0) is 4.79 Å². The van der Waals surface area contributed by atoms with Crippen molar-refractivity contribution >= 4 is 51.7 Å². The molecule has 0 aromatic carbocycles. The number of carbonyl (C=O) groups is 1. The van der Waals surface area contributed by atoms with E-state index in [-0.39, 0.29) is 17.5 Å². The monoisotopic (exact) mass is 442 g/mol. The number of aromatic nitrogens is 2. The lowest BCUT2D eigenvalue weighted by atomic mass is 10.1. The molecule has 0 saturated carbocycles. The molecule has 1 unspecified atom stereocenters. The van der Waals surface area contributed by atoms with Crippen LogP contribution in [0.5, 0.6) is 0 Å². The van der Waals surface area contributed by atoms with Crippen molar-refractivity contribution in [1.82, 2.24) is 14.3 Å². The molecule has 2 saturated heterocycles. The molecule has 2 aromatic heterocycles. The van der Waals surface area contributed by atoms with Gasteiger partial charge in [-0.25, -0.2) is 4.98 Å². The second-order valence-corrected chi connectivity index (χ2v) is 9.62. The van der Waals surface area contributed by atoms with Crippen molar-refractivity contribution in [1.29, 1.82) is 0 Å². The molecule has 0 bridgehead atoms. The van der Waals surface area contributed by atoms with Gasteiger partial charge in [0.15, 0.2) is 0 Å².